The van der Waals surface area contributed by atoms with Crippen LogP contribution in [-0.2, 0) is 9.63 Å². The van der Waals surface area contributed by atoms with Crippen LogP contribution in [0.15, 0.2) is 22.9 Å². The summed E-state index contributed by atoms with van der Waals surface area (Å²) in [7, 11) is 0. The van der Waals surface area contributed by atoms with Crippen LogP contribution in [0.4, 0.5) is 27.0 Å². The van der Waals surface area contributed by atoms with Gasteiger partial charge in [-0.2, -0.15) is 22.0 Å². The van der Waals surface area contributed by atoms with E-state index in [1.54, 1.807) is 12.1 Å². The Bertz CT molecular complexity index is 717. The van der Waals surface area contributed by atoms with E-state index >= 15 is 0 Å². The van der Waals surface area contributed by atoms with Crippen molar-refractivity contribution in [1.82, 2.24) is 0 Å². The average Bonchev–Trinajstić information content (AvgIpc) is 3.20. The number of nitrogens with zero attached hydrogens (tertiary/aromatic N) is 2. The number of thiophene rings is 1. The molecule has 0 atom stereocenters. The SMILES string of the molecule is O=C1ON=C(C(F)(F)C(F)(F)F)C1=Cc1ccc(N2CCCC2)s1. The third-order valence-corrected chi connectivity index (χ3v) is 4.76. The summed E-state index contributed by atoms with van der Waals surface area (Å²) in [5, 5.41) is 3.51. The first-order valence-electron chi connectivity index (χ1n) is 7.01. The Hall–Kier alpha value is -1.97. The molecule has 3 heterocycles. The molecule has 0 saturated carbocycles. The van der Waals surface area contributed by atoms with Crippen LogP contribution in [0.1, 0.15) is 17.7 Å². The van der Waals surface area contributed by atoms with Gasteiger partial charge in [-0.05, 0) is 31.1 Å². The molecule has 130 valence electrons. The number of anilines is 1. The van der Waals surface area contributed by atoms with Crippen molar-refractivity contribution in [2.75, 3.05) is 18.0 Å². The number of alkyl halides is 5. The smallest absolute Gasteiger partial charge is 0.363 e. The summed E-state index contributed by atoms with van der Waals surface area (Å²) < 4.78 is 64.5. The summed E-state index contributed by atoms with van der Waals surface area (Å²) in [6.07, 6.45) is -2.84. The van der Waals surface area contributed by atoms with Crippen LogP contribution in [0.25, 0.3) is 6.08 Å². The molecule has 0 bridgehead atoms. The van der Waals surface area contributed by atoms with E-state index in [1.165, 1.54) is 11.3 Å². The third kappa shape index (κ3) is 2.90. The average molecular weight is 366 g/mol. The summed E-state index contributed by atoms with van der Waals surface area (Å²) in [5.74, 6) is -6.59. The van der Waals surface area contributed by atoms with Crippen LogP contribution in [-0.4, -0.2) is 36.9 Å². The summed E-state index contributed by atoms with van der Waals surface area (Å²) in [5.41, 5.74) is -2.59. The first-order valence-corrected chi connectivity index (χ1v) is 7.83. The molecule has 1 saturated heterocycles. The number of carbonyl (C=O) groups is 1. The second kappa shape index (κ2) is 5.83. The fourth-order valence-electron chi connectivity index (χ4n) is 2.44. The molecule has 0 aromatic carbocycles. The van der Waals surface area contributed by atoms with E-state index in [1.807, 2.05) is 0 Å². The quantitative estimate of drug-likeness (QED) is 0.464. The zero-order valence-corrected chi connectivity index (χ0v) is 12.9. The molecule has 10 heteroatoms. The van der Waals surface area contributed by atoms with E-state index in [2.05, 4.69) is 14.9 Å². The Labute approximate surface area is 137 Å². The molecule has 1 aromatic rings. The topological polar surface area (TPSA) is 41.9 Å². The van der Waals surface area contributed by atoms with Gasteiger partial charge in [0.15, 0.2) is 5.71 Å². The molecule has 4 nitrogen and oxygen atoms in total. The lowest BCUT2D eigenvalue weighted by Crippen LogP contribution is -2.44. The van der Waals surface area contributed by atoms with Gasteiger partial charge in [0.1, 0.15) is 0 Å². The summed E-state index contributed by atoms with van der Waals surface area (Å²) in [6, 6.07) is 3.29. The maximum Gasteiger partial charge on any atom is 0.459 e. The number of halogens is 5. The summed E-state index contributed by atoms with van der Waals surface area (Å²) >= 11 is 1.20. The van der Waals surface area contributed by atoms with Gasteiger partial charge >= 0.3 is 18.1 Å². The summed E-state index contributed by atoms with van der Waals surface area (Å²) in [4.78, 5) is 18.0. The third-order valence-electron chi connectivity index (χ3n) is 3.67. The molecule has 3 rings (SSSR count). The molecule has 0 N–H and O–H groups in total. The van der Waals surface area contributed by atoms with E-state index in [4.69, 9.17) is 0 Å². The maximum atomic E-state index is 13.5. The fourth-order valence-corrected chi connectivity index (χ4v) is 3.44. The van der Waals surface area contributed by atoms with E-state index in [0.717, 1.165) is 37.0 Å². The second-order valence-corrected chi connectivity index (χ2v) is 6.41. The van der Waals surface area contributed by atoms with Crippen LogP contribution in [0.2, 0.25) is 0 Å². The Morgan fingerprint density at radius 2 is 1.83 bits per heavy atom. The number of hydrogen-bond donors (Lipinski definition) is 0. The predicted octanol–water partition coefficient (Wildman–Crippen LogP) is 3.84. The standard InChI is InChI=1S/C14H11F5N2O2S/c15-13(16,14(17,18)19)11-9(12(22)23-20-11)7-8-3-4-10(24-8)21-5-1-2-6-21/h3-4,7H,1-2,5-6H2. The molecule has 0 radical (unpaired) electrons. The lowest BCUT2D eigenvalue weighted by molar-refractivity contribution is -0.249. The van der Waals surface area contributed by atoms with Gasteiger partial charge in [0, 0.05) is 18.0 Å². The molecule has 24 heavy (non-hydrogen) atoms. The monoisotopic (exact) mass is 366 g/mol. The number of carbonyl (C=O) groups excluding carboxylic acids is 1. The minimum absolute atomic E-state index is 0.372. The number of rotatable bonds is 3. The molecule has 1 aromatic heterocycles. The van der Waals surface area contributed by atoms with Crippen molar-refractivity contribution in [3.63, 3.8) is 0 Å². The van der Waals surface area contributed by atoms with Gasteiger partial charge in [-0.15, -0.1) is 11.3 Å². The molecule has 2 aliphatic heterocycles. The molecule has 2 aliphatic rings. The highest BCUT2D eigenvalue weighted by Gasteiger charge is 2.64. The highest BCUT2D eigenvalue weighted by atomic mass is 32.1. The van der Waals surface area contributed by atoms with Crippen molar-refractivity contribution in [1.29, 1.82) is 0 Å². The number of oxime groups is 1. The van der Waals surface area contributed by atoms with Gasteiger partial charge in [0.25, 0.3) is 0 Å². The molecule has 1 fully saturated rings. The van der Waals surface area contributed by atoms with Crippen molar-refractivity contribution in [3.8, 4) is 0 Å². The zero-order chi connectivity index (χ0) is 17.5. The van der Waals surface area contributed by atoms with E-state index in [9.17, 15) is 26.7 Å². The van der Waals surface area contributed by atoms with Gasteiger partial charge in [0.05, 0.1) is 10.6 Å². The van der Waals surface area contributed by atoms with Crippen molar-refractivity contribution in [2.24, 2.45) is 5.16 Å². The number of hydrogen-bond acceptors (Lipinski definition) is 5. The second-order valence-electron chi connectivity index (χ2n) is 5.32. The van der Waals surface area contributed by atoms with Gasteiger partial charge in [-0.25, -0.2) is 4.79 Å². The highest BCUT2D eigenvalue weighted by molar-refractivity contribution is 7.17. The van der Waals surface area contributed by atoms with Gasteiger partial charge < -0.3 is 9.74 Å². The molecule has 0 amide bonds. The lowest BCUT2D eigenvalue weighted by Gasteiger charge is -2.18. The Morgan fingerprint density at radius 1 is 1.17 bits per heavy atom. The fraction of sp³-hybridized carbons (Fsp3) is 0.429. The van der Waals surface area contributed by atoms with Crippen LogP contribution in [0.3, 0.4) is 0 Å². The Kier molecular flexibility index (Phi) is 4.10. The van der Waals surface area contributed by atoms with E-state index in [-0.39, 0.29) is 0 Å². The van der Waals surface area contributed by atoms with E-state index < -0.39 is 29.4 Å². The zero-order valence-electron chi connectivity index (χ0n) is 12.1. The van der Waals surface area contributed by atoms with Gasteiger partial charge in [-0.1, -0.05) is 5.16 Å². The molecule has 0 spiro atoms. The van der Waals surface area contributed by atoms with Crippen LogP contribution >= 0.6 is 11.3 Å². The Morgan fingerprint density at radius 3 is 2.46 bits per heavy atom. The van der Waals surface area contributed by atoms with Crippen molar-refractivity contribution in [2.45, 2.75) is 24.9 Å². The molecule has 0 aliphatic carbocycles. The first-order chi connectivity index (χ1) is 11.2. The maximum absolute atomic E-state index is 13.5. The highest BCUT2D eigenvalue weighted by Crippen LogP contribution is 2.41. The van der Waals surface area contributed by atoms with E-state index in [0.29, 0.717) is 4.88 Å². The van der Waals surface area contributed by atoms with Crippen LogP contribution in [0, 0.1) is 0 Å². The molecule has 0 unspecified atom stereocenters. The molecular weight excluding hydrogens is 355 g/mol. The Balaban J connectivity index is 1.90. The van der Waals surface area contributed by atoms with Crippen LogP contribution < -0.4 is 4.90 Å². The normalized spacial score (nSPS) is 20.7. The first kappa shape index (κ1) is 16.9. The lowest BCUT2D eigenvalue weighted by atomic mass is 10.0. The van der Waals surface area contributed by atoms with Gasteiger partial charge in [0.2, 0.25) is 0 Å². The van der Waals surface area contributed by atoms with Gasteiger partial charge in [-0.3, -0.25) is 0 Å². The minimum atomic E-state index is -5.87. The molecular formula is C14H11F5N2O2S. The van der Waals surface area contributed by atoms with Crippen LogP contribution in [0.5, 0.6) is 0 Å². The van der Waals surface area contributed by atoms with Crippen molar-refractivity contribution < 1.29 is 31.6 Å². The van der Waals surface area contributed by atoms with Crippen molar-refractivity contribution in [3.05, 3.63) is 22.6 Å². The minimum Gasteiger partial charge on any atom is -0.363 e. The van der Waals surface area contributed by atoms with Crippen molar-refractivity contribution >= 4 is 34.1 Å². The largest absolute Gasteiger partial charge is 0.459 e. The summed E-state index contributed by atoms with van der Waals surface area (Å²) in [6.45, 7) is 1.72. The predicted molar refractivity (Wildman–Crippen MR) is 78.3 cm³/mol.